The zero-order valence-corrected chi connectivity index (χ0v) is 8.09. The predicted molar refractivity (Wildman–Crippen MR) is 58.3 cm³/mol. The lowest BCUT2D eigenvalue weighted by molar-refractivity contribution is 0.879. The van der Waals surface area contributed by atoms with E-state index in [-0.39, 0.29) is 0 Å². The largest absolute Gasteiger partial charge is 0.344 e. The van der Waals surface area contributed by atoms with Crippen molar-refractivity contribution in [3.63, 3.8) is 0 Å². The van der Waals surface area contributed by atoms with E-state index in [0.717, 1.165) is 21.8 Å². The van der Waals surface area contributed by atoms with Crippen molar-refractivity contribution in [1.82, 2.24) is 4.57 Å². The van der Waals surface area contributed by atoms with Crippen LogP contribution in [0.4, 0.5) is 0 Å². The molecule has 0 aliphatic rings. The Hall–Kier alpha value is -1.57. The highest BCUT2D eigenvalue weighted by Gasteiger charge is 2.05. The third kappa shape index (κ3) is 1.24. The number of nitrogens with one attached hydrogen (secondary N) is 1. The molecule has 1 rings (SSSR count). The molecule has 0 bridgehead atoms. The van der Waals surface area contributed by atoms with Gasteiger partial charge in [-0.3, -0.25) is 0 Å². The van der Waals surface area contributed by atoms with Crippen LogP contribution >= 0.6 is 0 Å². The molecule has 0 amide bonds. The van der Waals surface area contributed by atoms with Gasteiger partial charge in [0.15, 0.2) is 0 Å². The molecule has 0 spiro atoms. The summed E-state index contributed by atoms with van der Waals surface area (Å²) < 4.78 is 1.95. The summed E-state index contributed by atoms with van der Waals surface area (Å²) in [5.41, 5.74) is 1.85. The van der Waals surface area contributed by atoms with Crippen molar-refractivity contribution in [1.29, 1.82) is 5.41 Å². The molecule has 0 aromatic carbocycles. The van der Waals surface area contributed by atoms with E-state index < -0.39 is 0 Å². The molecule has 2 heteroatoms. The van der Waals surface area contributed by atoms with Gasteiger partial charge in [-0.25, -0.2) is 0 Å². The van der Waals surface area contributed by atoms with E-state index in [1.165, 1.54) is 6.21 Å². The molecule has 13 heavy (non-hydrogen) atoms. The lowest BCUT2D eigenvalue weighted by atomic mass is 10.2. The summed E-state index contributed by atoms with van der Waals surface area (Å²) in [5, 5.41) is 9.26. The van der Waals surface area contributed by atoms with Gasteiger partial charge in [-0.2, -0.15) is 0 Å². The van der Waals surface area contributed by atoms with Gasteiger partial charge in [-0.1, -0.05) is 19.2 Å². The fraction of sp³-hybridized carbons (Fsp3) is 0.182. The first kappa shape index (κ1) is 9.52. The third-order valence-corrected chi connectivity index (χ3v) is 2.27. The van der Waals surface area contributed by atoms with Crippen LogP contribution in [0.3, 0.4) is 0 Å². The first-order chi connectivity index (χ1) is 6.17. The van der Waals surface area contributed by atoms with Gasteiger partial charge in [-0.15, -0.1) is 0 Å². The van der Waals surface area contributed by atoms with Gasteiger partial charge >= 0.3 is 0 Å². The van der Waals surface area contributed by atoms with E-state index in [1.54, 1.807) is 6.08 Å². The quantitative estimate of drug-likeness (QED) is 0.645. The first-order valence-corrected chi connectivity index (χ1v) is 4.14. The Labute approximate surface area is 78.0 Å². The lowest BCUT2D eigenvalue weighted by Crippen LogP contribution is -2.27. The average Bonchev–Trinajstić information content (AvgIpc) is 2.38. The molecule has 0 unspecified atom stereocenters. The zero-order chi connectivity index (χ0) is 10.0. The van der Waals surface area contributed by atoms with Crippen LogP contribution in [-0.4, -0.2) is 10.8 Å². The summed E-state index contributed by atoms with van der Waals surface area (Å²) in [5.74, 6) is 0. The number of hydrogen-bond acceptors (Lipinski definition) is 1. The van der Waals surface area contributed by atoms with Crippen LogP contribution in [0.5, 0.6) is 0 Å². The highest BCUT2D eigenvalue weighted by molar-refractivity contribution is 5.83. The summed E-state index contributed by atoms with van der Waals surface area (Å²) in [7, 11) is 1.93. The predicted octanol–water partition coefficient (Wildman–Crippen LogP) is 0.876. The van der Waals surface area contributed by atoms with E-state index in [1.807, 2.05) is 24.6 Å². The number of nitrogens with zero attached hydrogens (tertiary/aromatic N) is 1. The van der Waals surface area contributed by atoms with E-state index in [9.17, 15) is 0 Å². The summed E-state index contributed by atoms with van der Waals surface area (Å²) in [4.78, 5) is 0. The second-order valence-corrected chi connectivity index (χ2v) is 2.86. The molecule has 1 aromatic heterocycles. The molecular weight excluding hydrogens is 160 g/mol. The molecule has 0 aliphatic heterocycles. The number of aromatic nitrogens is 1. The maximum atomic E-state index is 7.31. The van der Waals surface area contributed by atoms with Gasteiger partial charge in [-0.05, 0) is 13.0 Å². The SMILES string of the molecule is C=Cc1c(C=N)/c(=C/C)c(=C)n1C. The minimum atomic E-state index is 0.894. The minimum absolute atomic E-state index is 0.894. The molecule has 1 heterocycles. The summed E-state index contributed by atoms with van der Waals surface area (Å²) in [6.45, 7) is 9.62. The van der Waals surface area contributed by atoms with Gasteiger partial charge in [0.05, 0.1) is 0 Å². The number of rotatable bonds is 2. The van der Waals surface area contributed by atoms with Crippen molar-refractivity contribution in [2.24, 2.45) is 7.05 Å². The smallest absolute Gasteiger partial charge is 0.0497 e. The maximum Gasteiger partial charge on any atom is 0.0497 e. The molecule has 0 saturated carbocycles. The van der Waals surface area contributed by atoms with Crippen LogP contribution in [0.25, 0.3) is 18.7 Å². The standard InChI is InChI=1S/C11H14N2/c1-5-9-8(3)13(4)11(6-2)10(9)7-12/h5-7,12H,2-3H2,1,4H3/b9-5+,12-7?. The highest BCUT2D eigenvalue weighted by Crippen LogP contribution is 1.99. The normalized spacial score (nSPS) is 11.7. The van der Waals surface area contributed by atoms with Crippen LogP contribution in [0.1, 0.15) is 18.2 Å². The van der Waals surface area contributed by atoms with Crippen LogP contribution in [0.15, 0.2) is 6.58 Å². The monoisotopic (exact) mass is 174 g/mol. The molecule has 0 saturated heterocycles. The van der Waals surface area contributed by atoms with Crippen molar-refractivity contribution in [3.8, 4) is 0 Å². The van der Waals surface area contributed by atoms with Crippen molar-refractivity contribution in [2.75, 3.05) is 0 Å². The van der Waals surface area contributed by atoms with Crippen LogP contribution in [0.2, 0.25) is 0 Å². The van der Waals surface area contributed by atoms with Crippen molar-refractivity contribution < 1.29 is 0 Å². The van der Waals surface area contributed by atoms with E-state index in [0.29, 0.717) is 0 Å². The lowest BCUT2D eigenvalue weighted by Gasteiger charge is -1.96. The summed E-state index contributed by atoms with van der Waals surface area (Å²) in [6, 6.07) is 0. The Morgan fingerprint density at radius 2 is 2.08 bits per heavy atom. The topological polar surface area (TPSA) is 28.8 Å². The maximum absolute atomic E-state index is 7.31. The highest BCUT2D eigenvalue weighted by atomic mass is 14.9. The van der Waals surface area contributed by atoms with Gasteiger partial charge in [0.2, 0.25) is 0 Å². The molecule has 1 aromatic rings. The molecular formula is C11H14N2. The van der Waals surface area contributed by atoms with Gasteiger partial charge < -0.3 is 9.98 Å². The number of hydrogen-bond donors (Lipinski definition) is 1. The third-order valence-electron chi connectivity index (χ3n) is 2.27. The van der Waals surface area contributed by atoms with Crippen molar-refractivity contribution in [3.05, 3.63) is 28.4 Å². The molecule has 2 nitrogen and oxygen atoms in total. The molecule has 0 fully saturated rings. The zero-order valence-electron chi connectivity index (χ0n) is 8.09. The van der Waals surface area contributed by atoms with E-state index in [2.05, 4.69) is 13.2 Å². The summed E-state index contributed by atoms with van der Waals surface area (Å²) in [6.07, 6.45) is 5.07. The Morgan fingerprint density at radius 3 is 2.46 bits per heavy atom. The Bertz CT molecular complexity index is 449. The molecule has 0 radical (unpaired) electrons. The Morgan fingerprint density at radius 1 is 1.46 bits per heavy atom. The molecule has 0 aliphatic carbocycles. The average molecular weight is 174 g/mol. The molecule has 1 N–H and O–H groups in total. The Balaban J connectivity index is 3.84. The minimum Gasteiger partial charge on any atom is -0.344 e. The fourth-order valence-electron chi connectivity index (χ4n) is 1.52. The first-order valence-electron chi connectivity index (χ1n) is 4.14. The molecule has 0 atom stereocenters. The summed E-state index contributed by atoms with van der Waals surface area (Å²) >= 11 is 0. The van der Waals surface area contributed by atoms with Crippen molar-refractivity contribution >= 4 is 24.9 Å². The van der Waals surface area contributed by atoms with Crippen LogP contribution in [0, 0.1) is 5.41 Å². The van der Waals surface area contributed by atoms with E-state index in [4.69, 9.17) is 5.41 Å². The second-order valence-electron chi connectivity index (χ2n) is 2.86. The van der Waals surface area contributed by atoms with Crippen LogP contribution < -0.4 is 10.6 Å². The van der Waals surface area contributed by atoms with Crippen molar-refractivity contribution in [2.45, 2.75) is 6.92 Å². The Kier molecular flexibility index (Phi) is 2.52. The van der Waals surface area contributed by atoms with Crippen LogP contribution in [-0.2, 0) is 7.05 Å². The van der Waals surface area contributed by atoms with E-state index >= 15 is 0 Å². The van der Waals surface area contributed by atoms with Gasteiger partial charge in [0, 0.05) is 35.1 Å². The fourth-order valence-corrected chi connectivity index (χ4v) is 1.52. The van der Waals surface area contributed by atoms with Gasteiger partial charge in [0.25, 0.3) is 0 Å². The second kappa shape index (κ2) is 3.44. The van der Waals surface area contributed by atoms with Gasteiger partial charge in [0.1, 0.15) is 0 Å². The molecule has 68 valence electrons.